The molecule has 3 unspecified atom stereocenters. The molecule has 0 aromatic heterocycles. The Morgan fingerprint density at radius 2 is 1.52 bits per heavy atom. The van der Waals surface area contributed by atoms with Crippen LogP contribution in [-0.4, -0.2) is 79.3 Å². The van der Waals surface area contributed by atoms with Gasteiger partial charge in [0.2, 0.25) is 0 Å². The molecule has 2 aliphatic rings. The summed E-state index contributed by atoms with van der Waals surface area (Å²) in [6.07, 6.45) is -0.777. The maximum Gasteiger partial charge on any atom is 0.303 e. The van der Waals surface area contributed by atoms with E-state index in [9.17, 15) is 19.2 Å². The lowest BCUT2D eigenvalue weighted by Crippen LogP contribution is -2.63. The van der Waals surface area contributed by atoms with Gasteiger partial charge in [-0.2, -0.15) is 11.8 Å². The minimum absolute atomic E-state index is 0.0494. The Labute approximate surface area is 253 Å². The Bertz CT molecular complexity index is 1030. The van der Waals surface area contributed by atoms with Crippen molar-refractivity contribution in [2.24, 2.45) is 17.3 Å². The molecule has 0 amide bonds. The molecule has 2 fully saturated rings. The van der Waals surface area contributed by atoms with Gasteiger partial charge in [0.05, 0.1) is 6.61 Å². The van der Waals surface area contributed by atoms with Crippen LogP contribution >= 0.6 is 11.8 Å². The summed E-state index contributed by atoms with van der Waals surface area (Å²) in [4.78, 5) is 47.3. The first-order valence-corrected chi connectivity index (χ1v) is 15.3. The Morgan fingerprint density at radius 1 is 0.929 bits per heavy atom. The van der Waals surface area contributed by atoms with Crippen LogP contribution in [-0.2, 0) is 47.6 Å². The third-order valence-electron chi connectivity index (χ3n) is 7.73. The maximum absolute atomic E-state index is 12.0. The second-order valence-electron chi connectivity index (χ2n) is 11.2. The van der Waals surface area contributed by atoms with Gasteiger partial charge in [0.15, 0.2) is 24.6 Å². The van der Waals surface area contributed by atoms with Crippen LogP contribution in [0.15, 0.2) is 37.0 Å². The fourth-order valence-corrected chi connectivity index (χ4v) is 6.43. The van der Waals surface area contributed by atoms with Crippen LogP contribution in [0.3, 0.4) is 0 Å². The molecule has 10 nitrogen and oxygen atoms in total. The molecule has 8 atom stereocenters. The van der Waals surface area contributed by atoms with Gasteiger partial charge in [0.1, 0.15) is 12.7 Å². The van der Waals surface area contributed by atoms with Crippen LogP contribution in [0.2, 0.25) is 0 Å². The Morgan fingerprint density at radius 3 is 2.07 bits per heavy atom. The van der Waals surface area contributed by atoms with Crippen molar-refractivity contribution in [1.82, 2.24) is 0 Å². The molecule has 1 saturated carbocycles. The lowest BCUT2D eigenvalue weighted by Gasteiger charge is -2.44. The third kappa shape index (κ3) is 10.3. The summed E-state index contributed by atoms with van der Waals surface area (Å²) in [5.74, 6) is -0.551. The van der Waals surface area contributed by atoms with E-state index in [1.807, 2.05) is 0 Å². The molecular formula is C31H46O10S. The summed E-state index contributed by atoms with van der Waals surface area (Å²) < 4.78 is 33.3. The standard InChI is InChI=1S/C31H46O10S/c1-10-31(9)12-11-24(15-25(31)18(2)3)19(4)17-42-14-13-36-30-29(40-23(8)35)28(39-22(7)34)27(38-21(6)33)26(41-30)16-37-20(5)32/h10,24-30H,1-2,4,11-17H2,3,5-9H3/t24?,25?,26-,27+,28+,29-,30-,31?/m0/s1. The average Bonchev–Trinajstić information content (AvgIpc) is 2.89. The van der Waals surface area contributed by atoms with Crippen molar-refractivity contribution < 1.29 is 47.6 Å². The quantitative estimate of drug-likeness (QED) is 0.119. The number of thioether (sulfide) groups is 1. The van der Waals surface area contributed by atoms with E-state index in [-0.39, 0.29) is 18.6 Å². The molecule has 0 aromatic carbocycles. The highest BCUT2D eigenvalue weighted by atomic mass is 32.2. The highest BCUT2D eigenvalue weighted by Gasteiger charge is 2.52. The lowest BCUT2D eigenvalue weighted by molar-refractivity contribution is -0.307. The van der Waals surface area contributed by atoms with Crippen LogP contribution in [0.1, 0.15) is 60.8 Å². The molecule has 11 heteroatoms. The number of ether oxygens (including phenoxy) is 6. The first kappa shape index (κ1) is 35.6. The number of carbonyl (C=O) groups is 4. The Kier molecular flexibility index (Phi) is 13.8. The van der Waals surface area contributed by atoms with Crippen molar-refractivity contribution >= 4 is 35.6 Å². The first-order valence-electron chi connectivity index (χ1n) is 14.1. The first-order chi connectivity index (χ1) is 19.7. The van der Waals surface area contributed by atoms with Gasteiger partial charge in [-0.25, -0.2) is 0 Å². The molecule has 1 aliphatic carbocycles. The highest BCUT2D eigenvalue weighted by Crippen LogP contribution is 2.49. The number of rotatable bonds is 14. The van der Waals surface area contributed by atoms with E-state index in [0.717, 1.165) is 25.0 Å². The van der Waals surface area contributed by atoms with Gasteiger partial charge in [0.25, 0.3) is 0 Å². The zero-order valence-electron chi connectivity index (χ0n) is 25.7. The predicted molar refractivity (Wildman–Crippen MR) is 158 cm³/mol. The monoisotopic (exact) mass is 610 g/mol. The van der Waals surface area contributed by atoms with E-state index in [0.29, 0.717) is 17.6 Å². The molecule has 0 aromatic rings. The molecule has 1 aliphatic heterocycles. The molecule has 1 heterocycles. The van der Waals surface area contributed by atoms with E-state index in [4.69, 9.17) is 28.4 Å². The summed E-state index contributed by atoms with van der Waals surface area (Å²) in [5.41, 5.74) is 2.39. The molecule has 0 N–H and O–H groups in total. The zero-order chi connectivity index (χ0) is 31.6. The number of hydrogen-bond acceptors (Lipinski definition) is 11. The molecule has 2 rings (SSSR count). The van der Waals surface area contributed by atoms with E-state index in [1.165, 1.54) is 38.8 Å². The van der Waals surface area contributed by atoms with Crippen LogP contribution in [0.25, 0.3) is 0 Å². The summed E-state index contributed by atoms with van der Waals surface area (Å²) in [6, 6.07) is 0. The predicted octanol–water partition coefficient (Wildman–Crippen LogP) is 4.56. The SMILES string of the molecule is C=CC1(C)CCC(C(=C)CSCCO[C@H]2O[C@@H](COC(C)=O)[C@@H](OC(C)=O)[C@@H](OC(C)=O)[C@@H]2OC(C)=O)CC1C(=C)C. The Balaban J connectivity index is 2.06. The zero-order valence-corrected chi connectivity index (χ0v) is 26.5. The molecule has 236 valence electrons. The third-order valence-corrected chi connectivity index (χ3v) is 8.76. The Hall–Kier alpha value is -2.63. The van der Waals surface area contributed by atoms with Crippen molar-refractivity contribution in [1.29, 1.82) is 0 Å². The van der Waals surface area contributed by atoms with Crippen molar-refractivity contribution in [2.75, 3.05) is 24.7 Å². The molecule has 1 saturated heterocycles. The summed E-state index contributed by atoms with van der Waals surface area (Å²) in [6.45, 7) is 21.6. The van der Waals surface area contributed by atoms with E-state index < -0.39 is 54.6 Å². The summed E-state index contributed by atoms with van der Waals surface area (Å²) in [7, 11) is 0. The molecule has 0 radical (unpaired) electrons. The second kappa shape index (κ2) is 16.3. The minimum atomic E-state index is -1.25. The van der Waals surface area contributed by atoms with Crippen LogP contribution in [0.4, 0.5) is 0 Å². The van der Waals surface area contributed by atoms with E-state index >= 15 is 0 Å². The largest absolute Gasteiger partial charge is 0.463 e. The van der Waals surface area contributed by atoms with Crippen molar-refractivity contribution in [3.05, 3.63) is 37.0 Å². The molecule has 0 bridgehead atoms. The number of allylic oxidation sites excluding steroid dienone is 2. The van der Waals surface area contributed by atoms with E-state index in [2.05, 4.69) is 39.7 Å². The van der Waals surface area contributed by atoms with Gasteiger partial charge >= 0.3 is 23.9 Å². The maximum atomic E-state index is 12.0. The van der Waals surface area contributed by atoms with E-state index in [1.54, 1.807) is 11.8 Å². The van der Waals surface area contributed by atoms with Gasteiger partial charge in [-0.3, -0.25) is 19.2 Å². The highest BCUT2D eigenvalue weighted by molar-refractivity contribution is 7.99. The van der Waals surface area contributed by atoms with Crippen molar-refractivity contribution in [2.45, 2.75) is 91.5 Å². The summed E-state index contributed by atoms with van der Waals surface area (Å²) >= 11 is 1.65. The molecule has 0 spiro atoms. The number of esters is 4. The van der Waals surface area contributed by atoms with Gasteiger partial charge < -0.3 is 28.4 Å². The van der Waals surface area contributed by atoms with Crippen molar-refractivity contribution in [3.63, 3.8) is 0 Å². The van der Waals surface area contributed by atoms with Crippen molar-refractivity contribution in [3.8, 4) is 0 Å². The molecule has 42 heavy (non-hydrogen) atoms. The summed E-state index contributed by atoms with van der Waals surface area (Å²) in [5, 5.41) is 0. The topological polar surface area (TPSA) is 124 Å². The van der Waals surface area contributed by atoms with Crippen LogP contribution < -0.4 is 0 Å². The van der Waals surface area contributed by atoms with Crippen LogP contribution in [0, 0.1) is 17.3 Å². The van der Waals surface area contributed by atoms with Gasteiger partial charge in [-0.1, -0.05) is 37.3 Å². The fourth-order valence-electron chi connectivity index (χ4n) is 5.58. The van der Waals surface area contributed by atoms with Gasteiger partial charge in [-0.15, -0.1) is 6.58 Å². The number of carbonyl (C=O) groups excluding carboxylic acids is 4. The molecular weight excluding hydrogens is 564 g/mol. The fraction of sp³-hybridized carbons (Fsp3) is 0.677. The van der Waals surface area contributed by atoms with Gasteiger partial charge in [-0.05, 0) is 43.4 Å². The second-order valence-corrected chi connectivity index (χ2v) is 12.3. The smallest absolute Gasteiger partial charge is 0.303 e. The average molecular weight is 611 g/mol. The minimum Gasteiger partial charge on any atom is -0.463 e. The van der Waals surface area contributed by atoms with Gasteiger partial charge in [0, 0.05) is 39.2 Å². The van der Waals surface area contributed by atoms with Crippen LogP contribution in [0.5, 0.6) is 0 Å². The normalized spacial score (nSPS) is 30.9. The number of hydrogen-bond donors (Lipinski definition) is 0. The lowest BCUT2D eigenvalue weighted by atomic mass is 9.61.